The van der Waals surface area contributed by atoms with Crippen molar-refractivity contribution in [3.05, 3.63) is 111 Å². The summed E-state index contributed by atoms with van der Waals surface area (Å²) in [6.45, 7) is 1.89. The van der Waals surface area contributed by atoms with E-state index < -0.39 is 5.41 Å². The van der Waals surface area contributed by atoms with Crippen molar-refractivity contribution in [3.63, 3.8) is 0 Å². The lowest BCUT2D eigenvalue weighted by Gasteiger charge is -2.34. The van der Waals surface area contributed by atoms with Gasteiger partial charge in [0.2, 0.25) is 5.91 Å². The standard InChI is InChI=1S/C30H21BrN6O/c1-17-26-28(37(35-17)19-8-4-3-5-9-19)34-27(21-16-36(2)25-11-7-6-10-20(21)25)23(15-32)30(26)22-13-12-18(31)14-24(22)33-29(30)38/h3-14,16,34H,1-2H3,(H,33,38). The number of hydrogen-bond acceptors (Lipinski definition) is 4. The molecule has 0 fully saturated rings. The third-order valence-electron chi connectivity index (χ3n) is 7.56. The number of nitriles is 1. The van der Waals surface area contributed by atoms with E-state index in [2.05, 4.69) is 32.6 Å². The quantitative estimate of drug-likeness (QED) is 0.276. The highest BCUT2D eigenvalue weighted by Gasteiger charge is 2.58. The number of nitrogens with zero attached hydrogens (tertiary/aromatic N) is 4. The summed E-state index contributed by atoms with van der Waals surface area (Å²) >= 11 is 3.53. The Hall–Kier alpha value is -4.61. The summed E-state index contributed by atoms with van der Waals surface area (Å²) in [7, 11) is 1.98. The molecule has 38 heavy (non-hydrogen) atoms. The van der Waals surface area contributed by atoms with Crippen molar-refractivity contribution in [1.82, 2.24) is 14.3 Å². The molecule has 1 atom stereocenters. The van der Waals surface area contributed by atoms with Crippen LogP contribution in [0.15, 0.2) is 89.0 Å². The fourth-order valence-electron chi connectivity index (χ4n) is 6.01. The second-order valence-corrected chi connectivity index (χ2v) is 10.5. The van der Waals surface area contributed by atoms with Gasteiger partial charge in [0.1, 0.15) is 11.2 Å². The van der Waals surface area contributed by atoms with Gasteiger partial charge in [-0.15, -0.1) is 0 Å². The Morgan fingerprint density at radius 1 is 1.03 bits per heavy atom. The van der Waals surface area contributed by atoms with Gasteiger partial charge in [-0.25, -0.2) is 4.68 Å². The highest BCUT2D eigenvalue weighted by Crippen LogP contribution is 2.56. The van der Waals surface area contributed by atoms with Crippen molar-refractivity contribution in [2.24, 2.45) is 7.05 Å². The number of hydrogen-bond donors (Lipinski definition) is 2. The van der Waals surface area contributed by atoms with Crippen LogP contribution in [0.1, 0.15) is 22.4 Å². The van der Waals surface area contributed by atoms with Gasteiger partial charge in [-0.05, 0) is 37.3 Å². The molecular weight excluding hydrogens is 540 g/mol. The van der Waals surface area contributed by atoms with Crippen LogP contribution in [0, 0.1) is 18.3 Å². The number of carbonyl (C=O) groups excluding carboxylic acids is 1. The minimum atomic E-state index is -1.37. The first-order chi connectivity index (χ1) is 18.4. The van der Waals surface area contributed by atoms with E-state index in [1.165, 1.54) is 0 Å². The summed E-state index contributed by atoms with van der Waals surface area (Å²) in [5.74, 6) is 0.403. The van der Waals surface area contributed by atoms with Crippen molar-refractivity contribution in [2.45, 2.75) is 12.3 Å². The molecule has 2 aromatic heterocycles. The molecule has 3 aromatic carbocycles. The van der Waals surface area contributed by atoms with Crippen LogP contribution in [0.2, 0.25) is 0 Å². The lowest BCUT2D eigenvalue weighted by atomic mass is 9.67. The molecule has 2 aliphatic rings. The maximum atomic E-state index is 14.2. The van der Waals surface area contributed by atoms with Crippen molar-refractivity contribution < 1.29 is 4.79 Å². The zero-order valence-corrected chi connectivity index (χ0v) is 22.2. The average Bonchev–Trinajstić information content (AvgIpc) is 3.54. The number of rotatable bonds is 2. The third-order valence-corrected chi connectivity index (χ3v) is 8.05. The summed E-state index contributed by atoms with van der Waals surface area (Å²) in [6, 6.07) is 26.0. The van der Waals surface area contributed by atoms with E-state index in [0.29, 0.717) is 34.0 Å². The Bertz CT molecular complexity index is 1890. The van der Waals surface area contributed by atoms with Crippen molar-refractivity contribution in [1.29, 1.82) is 5.26 Å². The van der Waals surface area contributed by atoms with Gasteiger partial charge >= 0.3 is 0 Å². The van der Waals surface area contributed by atoms with Crippen LogP contribution in [0.4, 0.5) is 11.5 Å². The molecule has 7 nitrogen and oxygen atoms in total. The topological polar surface area (TPSA) is 87.7 Å². The first-order valence-corrected chi connectivity index (χ1v) is 13.0. The van der Waals surface area contributed by atoms with Gasteiger partial charge in [0.15, 0.2) is 0 Å². The van der Waals surface area contributed by atoms with Gasteiger partial charge in [0.25, 0.3) is 0 Å². The van der Waals surface area contributed by atoms with Crippen LogP contribution in [-0.4, -0.2) is 20.3 Å². The molecule has 8 heteroatoms. The molecule has 0 saturated heterocycles. The average molecular weight is 561 g/mol. The number of anilines is 2. The highest BCUT2D eigenvalue weighted by molar-refractivity contribution is 9.10. The summed E-state index contributed by atoms with van der Waals surface area (Å²) in [5, 5.41) is 23.3. The van der Waals surface area contributed by atoms with E-state index in [-0.39, 0.29) is 5.91 Å². The summed E-state index contributed by atoms with van der Waals surface area (Å²) in [5.41, 5.74) is 5.07. The van der Waals surface area contributed by atoms with Crippen molar-refractivity contribution in [2.75, 3.05) is 10.6 Å². The fourth-order valence-corrected chi connectivity index (χ4v) is 6.37. The number of amides is 1. The highest BCUT2D eigenvalue weighted by atomic mass is 79.9. The SMILES string of the molecule is Cc1nn(-c2ccccc2)c2c1C1(C(=O)Nc3cc(Br)ccc31)C(C#N)=C(c1cn(C)c3ccccc13)N2. The molecule has 5 aromatic rings. The van der Waals surface area contributed by atoms with Gasteiger partial charge in [-0.3, -0.25) is 4.79 Å². The smallest absolute Gasteiger partial charge is 0.245 e. The van der Waals surface area contributed by atoms with Gasteiger partial charge in [0, 0.05) is 51.0 Å². The third kappa shape index (κ3) is 2.82. The zero-order chi connectivity index (χ0) is 26.2. The van der Waals surface area contributed by atoms with Gasteiger partial charge < -0.3 is 15.2 Å². The second-order valence-electron chi connectivity index (χ2n) is 9.61. The molecule has 4 heterocycles. The Labute approximate surface area is 227 Å². The maximum Gasteiger partial charge on any atom is 0.245 e. The molecule has 2 aliphatic heterocycles. The molecule has 0 saturated carbocycles. The summed E-state index contributed by atoms with van der Waals surface area (Å²) in [6.07, 6.45) is 2.01. The first kappa shape index (κ1) is 22.6. The lowest BCUT2D eigenvalue weighted by molar-refractivity contribution is -0.118. The first-order valence-electron chi connectivity index (χ1n) is 12.2. The van der Waals surface area contributed by atoms with Crippen LogP contribution in [-0.2, 0) is 17.3 Å². The van der Waals surface area contributed by atoms with Gasteiger partial charge in [-0.2, -0.15) is 10.4 Å². The normalized spacial score (nSPS) is 17.8. The molecule has 0 radical (unpaired) electrons. The van der Waals surface area contributed by atoms with Crippen molar-refractivity contribution in [3.8, 4) is 11.8 Å². The number of aromatic nitrogens is 3. The van der Waals surface area contributed by atoms with E-state index in [0.717, 1.165) is 32.2 Å². The Kier molecular flexibility index (Phi) is 4.72. The maximum absolute atomic E-state index is 14.2. The number of halogens is 1. The van der Waals surface area contributed by atoms with Crippen LogP contribution in [0.25, 0.3) is 22.3 Å². The van der Waals surface area contributed by atoms with E-state index in [9.17, 15) is 10.1 Å². The number of aryl methyl sites for hydroxylation is 2. The number of fused-ring (bicyclic) bond motifs is 5. The Balaban J connectivity index is 1.63. The van der Waals surface area contributed by atoms with E-state index in [1.807, 2.05) is 102 Å². The predicted molar refractivity (Wildman–Crippen MR) is 151 cm³/mol. The molecule has 0 aliphatic carbocycles. The van der Waals surface area contributed by atoms with Crippen molar-refractivity contribution >= 4 is 49.9 Å². The van der Waals surface area contributed by atoms with Crippen LogP contribution in [0.3, 0.4) is 0 Å². The van der Waals surface area contributed by atoms with Crippen LogP contribution >= 0.6 is 15.9 Å². The summed E-state index contributed by atoms with van der Waals surface area (Å²) < 4.78 is 4.71. The number of nitrogens with one attached hydrogen (secondary N) is 2. The molecule has 184 valence electrons. The van der Waals surface area contributed by atoms with E-state index in [1.54, 1.807) is 0 Å². The predicted octanol–water partition coefficient (Wildman–Crippen LogP) is 6.03. The largest absolute Gasteiger partial charge is 0.350 e. The number of para-hydroxylation sites is 2. The molecule has 1 spiro atoms. The molecule has 1 unspecified atom stereocenters. The number of benzene rings is 3. The second kappa shape index (κ2) is 7.94. The van der Waals surface area contributed by atoms with Crippen LogP contribution in [0.5, 0.6) is 0 Å². The van der Waals surface area contributed by atoms with Crippen LogP contribution < -0.4 is 10.6 Å². The van der Waals surface area contributed by atoms with E-state index in [4.69, 9.17) is 5.10 Å². The minimum absolute atomic E-state index is 0.265. The minimum Gasteiger partial charge on any atom is -0.350 e. The summed E-state index contributed by atoms with van der Waals surface area (Å²) in [4.78, 5) is 14.2. The molecule has 7 rings (SSSR count). The monoisotopic (exact) mass is 560 g/mol. The fraction of sp³-hybridized carbons (Fsp3) is 0.100. The molecule has 0 bridgehead atoms. The Morgan fingerprint density at radius 2 is 1.79 bits per heavy atom. The van der Waals surface area contributed by atoms with Gasteiger partial charge in [-0.1, -0.05) is 58.4 Å². The lowest BCUT2D eigenvalue weighted by Crippen LogP contribution is -2.42. The van der Waals surface area contributed by atoms with E-state index >= 15 is 0 Å². The molecule has 2 N–H and O–H groups in total. The molecular formula is C30H21BrN6O. The zero-order valence-electron chi connectivity index (χ0n) is 20.6. The molecule has 1 amide bonds. The Morgan fingerprint density at radius 3 is 2.58 bits per heavy atom. The number of carbonyl (C=O) groups is 1. The van der Waals surface area contributed by atoms with Gasteiger partial charge in [0.05, 0.1) is 28.7 Å².